The first kappa shape index (κ1) is 20.1. The molecule has 4 nitrogen and oxygen atoms in total. The Morgan fingerprint density at radius 3 is 2.43 bits per heavy atom. The average Bonchev–Trinajstić information content (AvgIpc) is 2.71. The van der Waals surface area contributed by atoms with Gasteiger partial charge >= 0.3 is 0 Å². The van der Waals surface area contributed by atoms with E-state index in [0.717, 1.165) is 43.4 Å². The maximum absolute atomic E-state index is 14.7. The van der Waals surface area contributed by atoms with Crippen molar-refractivity contribution >= 4 is 10.9 Å². The molecule has 5 heteroatoms. The summed E-state index contributed by atoms with van der Waals surface area (Å²) in [6.45, 7) is 3.35. The summed E-state index contributed by atoms with van der Waals surface area (Å²) < 4.78 is 21.9. The molecule has 0 radical (unpaired) electrons. The number of aromatic nitrogens is 1. The van der Waals surface area contributed by atoms with E-state index in [2.05, 4.69) is 0 Å². The number of nitrogens with two attached hydrogens (primary N) is 1. The molecule has 3 aromatic rings. The van der Waals surface area contributed by atoms with E-state index >= 15 is 0 Å². The van der Waals surface area contributed by atoms with Crippen molar-refractivity contribution < 1.29 is 9.13 Å². The highest BCUT2D eigenvalue weighted by Gasteiger charge is 2.16. The molecule has 28 heavy (non-hydrogen) atoms. The Morgan fingerprint density at radius 2 is 1.75 bits per heavy atom. The van der Waals surface area contributed by atoms with Gasteiger partial charge in [0.15, 0.2) is 5.43 Å². The fraction of sp³-hybridized carbons (Fsp3) is 0.348. The van der Waals surface area contributed by atoms with E-state index in [1.54, 1.807) is 13.2 Å². The summed E-state index contributed by atoms with van der Waals surface area (Å²) >= 11 is 0. The minimum atomic E-state index is -0.474. The number of methoxy groups -OCH3 is 1. The molecular formula is C23H27FN2O2. The topological polar surface area (TPSA) is 57.2 Å². The van der Waals surface area contributed by atoms with Crippen molar-refractivity contribution in [3.05, 3.63) is 64.2 Å². The molecule has 0 saturated heterocycles. The van der Waals surface area contributed by atoms with Crippen LogP contribution in [-0.2, 0) is 6.54 Å². The summed E-state index contributed by atoms with van der Waals surface area (Å²) in [7, 11) is 1.60. The summed E-state index contributed by atoms with van der Waals surface area (Å²) in [6, 6.07) is 10.4. The molecule has 2 aromatic carbocycles. The van der Waals surface area contributed by atoms with Crippen molar-refractivity contribution in [3.8, 4) is 16.9 Å². The van der Waals surface area contributed by atoms with Gasteiger partial charge in [0.05, 0.1) is 18.0 Å². The van der Waals surface area contributed by atoms with E-state index < -0.39 is 5.82 Å². The maximum Gasteiger partial charge on any atom is 0.200 e. The third kappa shape index (κ3) is 4.09. The lowest BCUT2D eigenvalue weighted by Gasteiger charge is -2.16. The number of hydrogen-bond donors (Lipinski definition) is 1. The fourth-order valence-electron chi connectivity index (χ4n) is 3.60. The Hall–Kier alpha value is -2.66. The van der Waals surface area contributed by atoms with E-state index in [4.69, 9.17) is 10.5 Å². The molecule has 3 rings (SSSR count). The number of hydrogen-bond acceptors (Lipinski definition) is 3. The number of rotatable bonds is 8. The first-order valence-corrected chi connectivity index (χ1v) is 9.73. The van der Waals surface area contributed by atoms with Gasteiger partial charge in [-0.2, -0.15) is 0 Å². The average molecular weight is 382 g/mol. The summed E-state index contributed by atoms with van der Waals surface area (Å²) in [4.78, 5) is 13.1. The van der Waals surface area contributed by atoms with Crippen LogP contribution in [0.5, 0.6) is 5.75 Å². The summed E-state index contributed by atoms with van der Waals surface area (Å²) in [6.07, 6.45) is 5.96. The van der Waals surface area contributed by atoms with Crippen molar-refractivity contribution in [1.82, 2.24) is 4.57 Å². The van der Waals surface area contributed by atoms with Crippen LogP contribution in [0, 0.1) is 12.7 Å². The number of pyridine rings is 1. The number of benzene rings is 2. The predicted octanol–water partition coefficient (Wildman–Crippen LogP) is 4.64. The molecule has 1 heterocycles. The molecule has 0 aliphatic rings. The molecule has 1 aromatic heterocycles. The van der Waals surface area contributed by atoms with Crippen LogP contribution < -0.4 is 15.9 Å². The quantitative estimate of drug-likeness (QED) is 0.577. The monoisotopic (exact) mass is 382 g/mol. The minimum absolute atomic E-state index is 0.162. The van der Waals surface area contributed by atoms with E-state index in [1.807, 2.05) is 42.0 Å². The highest BCUT2D eigenvalue weighted by molar-refractivity contribution is 5.87. The second-order valence-electron chi connectivity index (χ2n) is 7.08. The number of fused-ring (bicyclic) bond motifs is 1. The molecule has 0 bridgehead atoms. The molecule has 0 spiro atoms. The van der Waals surface area contributed by atoms with Crippen LogP contribution in [0.4, 0.5) is 4.39 Å². The highest BCUT2D eigenvalue weighted by atomic mass is 19.1. The fourth-order valence-corrected chi connectivity index (χ4v) is 3.60. The first-order valence-electron chi connectivity index (χ1n) is 9.73. The van der Waals surface area contributed by atoms with Gasteiger partial charge in [-0.3, -0.25) is 4.79 Å². The first-order chi connectivity index (χ1) is 13.6. The molecule has 0 aliphatic heterocycles. The largest absolute Gasteiger partial charge is 0.497 e. The van der Waals surface area contributed by atoms with Gasteiger partial charge in [0.1, 0.15) is 11.6 Å². The lowest BCUT2D eigenvalue weighted by molar-refractivity contribution is 0.415. The van der Waals surface area contributed by atoms with Crippen LogP contribution >= 0.6 is 0 Å². The van der Waals surface area contributed by atoms with Gasteiger partial charge in [-0.15, -0.1) is 0 Å². The van der Waals surface area contributed by atoms with Gasteiger partial charge in [0, 0.05) is 18.3 Å². The molecule has 0 saturated carbocycles. The lowest BCUT2D eigenvalue weighted by Crippen LogP contribution is -2.15. The van der Waals surface area contributed by atoms with E-state index in [1.165, 1.54) is 6.07 Å². The summed E-state index contributed by atoms with van der Waals surface area (Å²) in [5.41, 5.74) is 8.12. The Kier molecular flexibility index (Phi) is 6.47. The van der Waals surface area contributed by atoms with Crippen molar-refractivity contribution in [2.45, 2.75) is 39.2 Å². The number of aryl methyl sites for hydroxylation is 2. The zero-order valence-corrected chi connectivity index (χ0v) is 16.5. The van der Waals surface area contributed by atoms with Gasteiger partial charge in [-0.05, 0) is 55.6 Å². The van der Waals surface area contributed by atoms with Gasteiger partial charge in [-0.1, -0.05) is 31.0 Å². The van der Waals surface area contributed by atoms with Crippen LogP contribution in [0.1, 0.15) is 31.2 Å². The normalized spacial score (nSPS) is 11.1. The van der Waals surface area contributed by atoms with Gasteiger partial charge in [0.2, 0.25) is 0 Å². The minimum Gasteiger partial charge on any atom is -0.497 e. The SMILES string of the molecule is COc1ccc(-c2cn(CCCCCCN)c3c(C)ccc(F)c3c2=O)cc1. The smallest absolute Gasteiger partial charge is 0.200 e. The van der Waals surface area contributed by atoms with Crippen molar-refractivity contribution in [3.63, 3.8) is 0 Å². The lowest BCUT2D eigenvalue weighted by atomic mass is 10.0. The van der Waals surface area contributed by atoms with Crippen LogP contribution in [0.3, 0.4) is 0 Å². The van der Waals surface area contributed by atoms with E-state index in [-0.39, 0.29) is 10.8 Å². The van der Waals surface area contributed by atoms with Crippen LogP contribution in [0.25, 0.3) is 22.0 Å². The van der Waals surface area contributed by atoms with Crippen molar-refractivity contribution in [2.24, 2.45) is 5.73 Å². The van der Waals surface area contributed by atoms with Crippen LogP contribution in [0.2, 0.25) is 0 Å². The van der Waals surface area contributed by atoms with Crippen molar-refractivity contribution in [2.75, 3.05) is 13.7 Å². The number of nitrogens with zero attached hydrogens (tertiary/aromatic N) is 1. The second kappa shape index (κ2) is 9.02. The Bertz CT molecular complexity index is 1010. The second-order valence-corrected chi connectivity index (χ2v) is 7.08. The molecule has 0 amide bonds. The summed E-state index contributed by atoms with van der Waals surface area (Å²) in [5, 5.41) is 0.162. The molecular weight excluding hydrogens is 355 g/mol. The molecule has 0 aliphatic carbocycles. The molecule has 148 valence electrons. The van der Waals surface area contributed by atoms with Crippen molar-refractivity contribution in [1.29, 1.82) is 0 Å². The van der Waals surface area contributed by atoms with Gasteiger partial charge in [0.25, 0.3) is 0 Å². The standard InChI is InChI=1S/C23H27FN2O2/c1-16-7-12-20(24)21-22(16)26(14-6-4-3-5-13-25)15-19(23(21)27)17-8-10-18(28-2)11-9-17/h7-12,15H,3-6,13-14,25H2,1-2H3. The van der Waals surface area contributed by atoms with Gasteiger partial charge < -0.3 is 15.0 Å². The maximum atomic E-state index is 14.7. The Labute approximate surface area is 164 Å². The molecule has 0 atom stereocenters. The van der Waals surface area contributed by atoms with E-state index in [0.29, 0.717) is 23.4 Å². The molecule has 0 unspecified atom stereocenters. The number of unbranched alkanes of at least 4 members (excludes halogenated alkanes) is 3. The third-order valence-corrected chi connectivity index (χ3v) is 5.13. The van der Waals surface area contributed by atoms with E-state index in [9.17, 15) is 9.18 Å². The Balaban J connectivity index is 2.10. The zero-order chi connectivity index (χ0) is 20.1. The number of ether oxygens (including phenoxy) is 1. The summed E-state index contributed by atoms with van der Waals surface area (Å²) in [5.74, 6) is 0.240. The molecule has 0 fully saturated rings. The van der Waals surface area contributed by atoms with Gasteiger partial charge in [-0.25, -0.2) is 4.39 Å². The van der Waals surface area contributed by atoms with Crippen LogP contribution in [-0.4, -0.2) is 18.2 Å². The third-order valence-electron chi connectivity index (χ3n) is 5.13. The van der Waals surface area contributed by atoms with Crippen LogP contribution in [0.15, 0.2) is 47.4 Å². The zero-order valence-electron chi connectivity index (χ0n) is 16.5. The molecule has 2 N–H and O–H groups in total. The predicted molar refractivity (Wildman–Crippen MR) is 112 cm³/mol. The number of halogens is 1. The Morgan fingerprint density at radius 1 is 1.04 bits per heavy atom. The highest BCUT2D eigenvalue weighted by Crippen LogP contribution is 2.26.